The molecule has 0 radical (unpaired) electrons. The molecule has 1 saturated heterocycles. The number of aliphatic hydroxyl groups excluding tert-OH is 5. The summed E-state index contributed by atoms with van der Waals surface area (Å²) in [5.41, 5.74) is 1.51. The van der Waals surface area contributed by atoms with Crippen LogP contribution >= 0.6 is 0 Å². The third kappa shape index (κ3) is 6.12. The molecule has 4 aliphatic rings. The number of methoxy groups -OCH3 is 1. The Hall–Kier alpha value is -1.14. The lowest BCUT2D eigenvalue weighted by Crippen LogP contribution is -2.61. The molecule has 0 aromatic rings. The maximum absolute atomic E-state index is 12.0. The van der Waals surface area contributed by atoms with Crippen LogP contribution in [0, 0.1) is 29.1 Å². The fourth-order valence-corrected chi connectivity index (χ4v) is 7.30. The Bertz CT molecular complexity index is 1010. The molecule has 0 amide bonds. The molecule has 5 N–H and O–H groups in total. The zero-order valence-corrected chi connectivity index (χ0v) is 25.7. The lowest BCUT2D eigenvalue weighted by atomic mass is 9.68. The van der Waals surface area contributed by atoms with E-state index in [1.54, 1.807) is 13.2 Å². The Morgan fingerprint density at radius 1 is 1.07 bits per heavy atom. The molecule has 1 saturated carbocycles. The number of hydrogen-bond donors (Lipinski definition) is 5. The van der Waals surface area contributed by atoms with Crippen LogP contribution in [0.25, 0.3) is 0 Å². The normalized spacial score (nSPS) is 44.7. The van der Waals surface area contributed by atoms with Gasteiger partial charge in [0.1, 0.15) is 30.5 Å². The lowest BCUT2D eigenvalue weighted by molar-refractivity contribution is -0.319. The molecule has 0 spiro atoms. The SMILES string of the molecule is C=CC(C)(C)OC[C@H]1OC(O[C@@H]2C3=C(C(C)C)C[C@H](O)[C@]3(C)/C=C3/[C@@H](COC)CC[C@H]3[C@@H](C)[C@H]2O)[C@@H](O)[C@@H](O)[C@@H]1O. The molecule has 41 heavy (non-hydrogen) atoms. The van der Waals surface area contributed by atoms with Crippen molar-refractivity contribution in [2.45, 2.75) is 115 Å². The number of aliphatic hydroxyl groups is 5. The highest BCUT2D eigenvalue weighted by molar-refractivity contribution is 5.43. The zero-order valence-electron chi connectivity index (χ0n) is 25.7. The van der Waals surface area contributed by atoms with Gasteiger partial charge >= 0.3 is 0 Å². The lowest BCUT2D eigenvalue weighted by Gasteiger charge is -2.46. The molecule has 0 aromatic carbocycles. The molecule has 234 valence electrons. The van der Waals surface area contributed by atoms with Gasteiger partial charge in [0.15, 0.2) is 6.29 Å². The van der Waals surface area contributed by atoms with Crippen molar-refractivity contribution < 1.29 is 44.5 Å². The Morgan fingerprint density at radius 2 is 1.76 bits per heavy atom. The Morgan fingerprint density at radius 3 is 2.37 bits per heavy atom. The van der Waals surface area contributed by atoms with E-state index in [0.717, 1.165) is 24.0 Å². The Labute approximate surface area is 244 Å². The van der Waals surface area contributed by atoms with Gasteiger partial charge in [-0.05, 0) is 63.4 Å². The molecular formula is C32H52O9. The summed E-state index contributed by atoms with van der Waals surface area (Å²) in [5, 5.41) is 56.0. The summed E-state index contributed by atoms with van der Waals surface area (Å²) < 4.78 is 24.0. The van der Waals surface area contributed by atoms with E-state index in [2.05, 4.69) is 26.5 Å². The topological polar surface area (TPSA) is 138 Å². The highest BCUT2D eigenvalue weighted by atomic mass is 16.7. The van der Waals surface area contributed by atoms with E-state index in [1.807, 2.05) is 27.7 Å². The van der Waals surface area contributed by atoms with Crippen molar-refractivity contribution in [2.24, 2.45) is 29.1 Å². The van der Waals surface area contributed by atoms with Crippen LogP contribution in [-0.2, 0) is 18.9 Å². The summed E-state index contributed by atoms with van der Waals surface area (Å²) in [6.07, 6.45) is -3.38. The van der Waals surface area contributed by atoms with Crippen LogP contribution < -0.4 is 0 Å². The van der Waals surface area contributed by atoms with Gasteiger partial charge in [0.25, 0.3) is 0 Å². The minimum Gasteiger partial charge on any atom is -0.392 e. The third-order valence-corrected chi connectivity index (χ3v) is 10.1. The maximum Gasteiger partial charge on any atom is 0.187 e. The van der Waals surface area contributed by atoms with Crippen molar-refractivity contribution in [3.8, 4) is 0 Å². The van der Waals surface area contributed by atoms with Gasteiger partial charge in [-0.25, -0.2) is 0 Å². The molecule has 3 aliphatic carbocycles. The first-order valence-electron chi connectivity index (χ1n) is 15.1. The number of hydrogen-bond acceptors (Lipinski definition) is 9. The van der Waals surface area contributed by atoms with Crippen LogP contribution in [0.5, 0.6) is 0 Å². The van der Waals surface area contributed by atoms with E-state index < -0.39 is 60.0 Å². The second-order valence-corrected chi connectivity index (χ2v) is 13.6. The van der Waals surface area contributed by atoms with Crippen LogP contribution in [0.4, 0.5) is 0 Å². The first-order valence-corrected chi connectivity index (χ1v) is 15.1. The second-order valence-electron chi connectivity index (χ2n) is 13.6. The number of fused-ring (bicyclic) bond motifs is 2. The molecule has 0 aromatic heterocycles. The Kier molecular flexibility index (Phi) is 9.96. The highest BCUT2D eigenvalue weighted by Crippen LogP contribution is 2.55. The second kappa shape index (κ2) is 12.5. The summed E-state index contributed by atoms with van der Waals surface area (Å²) in [7, 11) is 1.70. The van der Waals surface area contributed by atoms with Crippen LogP contribution in [0.1, 0.15) is 60.8 Å². The number of ether oxygens (including phenoxy) is 4. The molecule has 1 heterocycles. The van der Waals surface area contributed by atoms with Gasteiger partial charge in [0.2, 0.25) is 0 Å². The summed E-state index contributed by atoms with van der Waals surface area (Å²) in [6, 6.07) is 0. The van der Waals surface area contributed by atoms with Gasteiger partial charge in [-0.15, -0.1) is 6.58 Å². The average Bonchev–Trinajstić information content (AvgIpc) is 3.42. The molecule has 4 rings (SSSR count). The Balaban J connectivity index is 1.74. The van der Waals surface area contributed by atoms with Gasteiger partial charge < -0.3 is 44.5 Å². The van der Waals surface area contributed by atoms with Crippen LogP contribution in [0.3, 0.4) is 0 Å². The number of rotatable bonds is 9. The molecule has 0 bridgehead atoms. The first kappa shape index (κ1) is 32.8. The maximum atomic E-state index is 12.0. The van der Waals surface area contributed by atoms with Gasteiger partial charge in [0.05, 0.1) is 31.0 Å². The first-order chi connectivity index (χ1) is 19.2. The van der Waals surface area contributed by atoms with Crippen molar-refractivity contribution in [3.63, 3.8) is 0 Å². The van der Waals surface area contributed by atoms with Gasteiger partial charge in [0, 0.05) is 18.4 Å². The van der Waals surface area contributed by atoms with E-state index in [1.165, 1.54) is 5.57 Å². The van der Waals surface area contributed by atoms with E-state index in [0.29, 0.717) is 13.0 Å². The quantitative estimate of drug-likeness (QED) is 0.261. The molecule has 1 aliphatic heterocycles. The summed E-state index contributed by atoms with van der Waals surface area (Å²) in [5.74, 6) is 0.178. The fourth-order valence-electron chi connectivity index (χ4n) is 7.30. The smallest absolute Gasteiger partial charge is 0.187 e. The van der Waals surface area contributed by atoms with Crippen molar-refractivity contribution in [1.29, 1.82) is 0 Å². The molecule has 2 fully saturated rings. The zero-order chi connectivity index (χ0) is 30.4. The average molecular weight is 581 g/mol. The van der Waals surface area contributed by atoms with Crippen LogP contribution in [-0.4, -0.2) is 100 Å². The molecular weight excluding hydrogens is 528 g/mol. The van der Waals surface area contributed by atoms with Crippen LogP contribution in [0.15, 0.2) is 35.5 Å². The third-order valence-electron chi connectivity index (χ3n) is 10.1. The highest BCUT2D eigenvalue weighted by Gasteiger charge is 2.55. The van der Waals surface area contributed by atoms with Gasteiger partial charge in [-0.3, -0.25) is 0 Å². The van der Waals surface area contributed by atoms with Crippen LogP contribution in [0.2, 0.25) is 0 Å². The molecule has 9 heteroatoms. The fraction of sp³-hybridized carbons (Fsp3) is 0.812. The predicted octanol–water partition coefficient (Wildman–Crippen LogP) is 2.49. The summed E-state index contributed by atoms with van der Waals surface area (Å²) in [6.45, 7) is 16.0. The van der Waals surface area contributed by atoms with Crippen molar-refractivity contribution in [3.05, 3.63) is 35.5 Å². The van der Waals surface area contributed by atoms with Gasteiger partial charge in [-0.1, -0.05) is 44.1 Å². The minimum atomic E-state index is -1.56. The van der Waals surface area contributed by atoms with E-state index in [4.69, 9.17) is 18.9 Å². The molecule has 1 unspecified atom stereocenters. The van der Waals surface area contributed by atoms with Gasteiger partial charge in [-0.2, -0.15) is 0 Å². The molecule has 12 atom stereocenters. The van der Waals surface area contributed by atoms with Crippen molar-refractivity contribution >= 4 is 0 Å². The van der Waals surface area contributed by atoms with Crippen molar-refractivity contribution in [2.75, 3.05) is 20.3 Å². The van der Waals surface area contributed by atoms with E-state index in [-0.39, 0.29) is 30.3 Å². The van der Waals surface area contributed by atoms with E-state index >= 15 is 0 Å². The molecule has 9 nitrogen and oxygen atoms in total. The summed E-state index contributed by atoms with van der Waals surface area (Å²) in [4.78, 5) is 0. The van der Waals surface area contributed by atoms with E-state index in [9.17, 15) is 25.5 Å². The monoisotopic (exact) mass is 580 g/mol. The standard InChI is InChI=1S/C32H52O9/c1-9-31(5,6)39-15-22-26(35)27(36)28(37)30(40-22)41-29-24-20(16(2)3)12-23(33)32(24,7)13-21-18(14-38-8)10-11-19(21)17(4)25(29)34/h9,13,16-19,22-23,25-30,33-37H,1,10-12,14-15H2,2-8H3/b21-13-/t17-,18-,19+,22-,23+,25-,26-,27+,28+,29-,30?,32+/m1/s1. The predicted molar refractivity (Wildman–Crippen MR) is 154 cm³/mol. The largest absolute Gasteiger partial charge is 0.392 e. The van der Waals surface area contributed by atoms with Crippen molar-refractivity contribution in [1.82, 2.24) is 0 Å². The summed E-state index contributed by atoms with van der Waals surface area (Å²) >= 11 is 0. The minimum absolute atomic E-state index is 0.0706.